The van der Waals surface area contributed by atoms with E-state index < -0.39 is 0 Å². The topological polar surface area (TPSA) is 42.0 Å². The van der Waals surface area contributed by atoms with Gasteiger partial charge in [0, 0.05) is 12.4 Å². The molecule has 0 spiro atoms. The molecule has 1 aromatic heterocycles. The standard InChI is InChI=1S/C7H8N2OS/c10-7(9-5-11)6-2-1-3-8-4-6/h1-4,11H,5H2,(H,9,10). The number of thiol groups is 1. The van der Waals surface area contributed by atoms with Gasteiger partial charge in [-0.3, -0.25) is 9.78 Å². The quantitative estimate of drug-likeness (QED) is 0.504. The summed E-state index contributed by atoms with van der Waals surface area (Å²) in [5.41, 5.74) is 0.557. The van der Waals surface area contributed by atoms with E-state index in [1.165, 1.54) is 6.20 Å². The summed E-state index contributed by atoms with van der Waals surface area (Å²) in [4.78, 5) is 14.8. The molecule has 58 valence electrons. The zero-order valence-corrected chi connectivity index (χ0v) is 6.71. The summed E-state index contributed by atoms with van der Waals surface area (Å²) < 4.78 is 0. The Hall–Kier alpha value is -1.03. The van der Waals surface area contributed by atoms with Crippen molar-refractivity contribution in [1.82, 2.24) is 10.3 Å². The van der Waals surface area contributed by atoms with Gasteiger partial charge in [-0.2, -0.15) is 12.6 Å². The van der Waals surface area contributed by atoms with E-state index in [-0.39, 0.29) is 5.91 Å². The molecular weight excluding hydrogens is 160 g/mol. The van der Waals surface area contributed by atoms with E-state index in [1.807, 2.05) is 0 Å². The molecule has 0 aliphatic rings. The van der Waals surface area contributed by atoms with Gasteiger partial charge in [0.05, 0.1) is 11.4 Å². The summed E-state index contributed by atoms with van der Waals surface area (Å²) in [5, 5.41) is 2.55. The molecule has 1 aromatic rings. The maximum absolute atomic E-state index is 11.0. The Labute approximate surface area is 70.2 Å². The van der Waals surface area contributed by atoms with Crippen LogP contribution < -0.4 is 5.32 Å². The molecule has 0 fully saturated rings. The Bertz CT molecular complexity index is 237. The van der Waals surface area contributed by atoms with Crippen LogP contribution in [0.2, 0.25) is 0 Å². The van der Waals surface area contributed by atoms with Gasteiger partial charge in [0.2, 0.25) is 0 Å². The number of nitrogens with zero attached hydrogens (tertiary/aromatic N) is 1. The molecule has 11 heavy (non-hydrogen) atoms. The lowest BCUT2D eigenvalue weighted by Gasteiger charge is -1.98. The molecule has 1 N–H and O–H groups in total. The highest BCUT2D eigenvalue weighted by Gasteiger charge is 2.00. The smallest absolute Gasteiger partial charge is 0.253 e. The molecule has 1 amide bonds. The number of carbonyl (C=O) groups excluding carboxylic acids is 1. The van der Waals surface area contributed by atoms with Gasteiger partial charge in [0.25, 0.3) is 5.91 Å². The molecule has 0 saturated carbocycles. The number of hydrogen-bond donors (Lipinski definition) is 2. The lowest BCUT2D eigenvalue weighted by molar-refractivity contribution is 0.0960. The number of rotatable bonds is 2. The molecule has 0 atom stereocenters. The van der Waals surface area contributed by atoms with Crippen molar-refractivity contribution in [3.8, 4) is 0 Å². The largest absolute Gasteiger partial charge is 0.343 e. The third kappa shape index (κ3) is 2.23. The second kappa shape index (κ2) is 3.98. The monoisotopic (exact) mass is 168 g/mol. The molecule has 0 unspecified atom stereocenters. The van der Waals surface area contributed by atoms with Crippen LogP contribution in [0.4, 0.5) is 0 Å². The fourth-order valence-electron chi connectivity index (χ4n) is 0.671. The highest BCUT2D eigenvalue weighted by molar-refractivity contribution is 7.80. The molecule has 1 rings (SSSR count). The normalized spacial score (nSPS) is 9.18. The molecule has 0 saturated heterocycles. The first-order valence-electron chi connectivity index (χ1n) is 3.13. The molecule has 4 heteroatoms. The van der Waals surface area contributed by atoms with Crippen LogP contribution in [0.15, 0.2) is 24.5 Å². The summed E-state index contributed by atoms with van der Waals surface area (Å²) in [6.45, 7) is 0. The SMILES string of the molecule is O=C(NCS)c1cccnc1. The van der Waals surface area contributed by atoms with Crippen molar-refractivity contribution in [1.29, 1.82) is 0 Å². The van der Waals surface area contributed by atoms with E-state index in [9.17, 15) is 4.79 Å². The molecule has 1 heterocycles. The van der Waals surface area contributed by atoms with Crippen LogP contribution in [0.25, 0.3) is 0 Å². The van der Waals surface area contributed by atoms with Crippen LogP contribution in [0.5, 0.6) is 0 Å². The Morgan fingerprint density at radius 3 is 3.09 bits per heavy atom. The number of carbonyl (C=O) groups is 1. The molecule has 0 aromatic carbocycles. The predicted octanol–water partition coefficient (Wildman–Crippen LogP) is 0.699. The minimum absolute atomic E-state index is 0.145. The molecule has 0 aliphatic heterocycles. The first kappa shape index (κ1) is 8.07. The number of hydrogen-bond acceptors (Lipinski definition) is 3. The minimum atomic E-state index is -0.145. The Kier molecular flexibility index (Phi) is 2.92. The van der Waals surface area contributed by atoms with Crippen LogP contribution in [0, 0.1) is 0 Å². The van der Waals surface area contributed by atoms with Gasteiger partial charge in [0.1, 0.15) is 0 Å². The van der Waals surface area contributed by atoms with Crippen molar-refractivity contribution >= 4 is 18.5 Å². The third-order valence-electron chi connectivity index (χ3n) is 1.16. The zero-order valence-electron chi connectivity index (χ0n) is 5.82. The summed E-state index contributed by atoms with van der Waals surface area (Å²) >= 11 is 3.86. The lowest BCUT2D eigenvalue weighted by Crippen LogP contribution is -2.21. The van der Waals surface area contributed by atoms with E-state index in [2.05, 4.69) is 22.9 Å². The Morgan fingerprint density at radius 1 is 1.73 bits per heavy atom. The van der Waals surface area contributed by atoms with Gasteiger partial charge >= 0.3 is 0 Å². The van der Waals surface area contributed by atoms with Crippen LogP contribution >= 0.6 is 12.6 Å². The first-order valence-corrected chi connectivity index (χ1v) is 3.77. The Balaban J connectivity index is 2.69. The van der Waals surface area contributed by atoms with Gasteiger partial charge in [-0.1, -0.05) is 0 Å². The summed E-state index contributed by atoms with van der Waals surface area (Å²) in [5.74, 6) is 0.196. The Morgan fingerprint density at radius 2 is 2.55 bits per heavy atom. The summed E-state index contributed by atoms with van der Waals surface area (Å²) in [6, 6.07) is 3.42. The molecule has 3 nitrogen and oxygen atoms in total. The average Bonchev–Trinajstić information content (AvgIpc) is 2.07. The lowest BCUT2D eigenvalue weighted by atomic mass is 10.3. The second-order valence-electron chi connectivity index (χ2n) is 1.91. The fourth-order valence-corrected chi connectivity index (χ4v) is 0.815. The van der Waals surface area contributed by atoms with Crippen LogP contribution in [-0.4, -0.2) is 16.8 Å². The number of amides is 1. The molecular formula is C7H8N2OS. The third-order valence-corrected chi connectivity index (χ3v) is 1.32. The number of aromatic nitrogens is 1. The highest BCUT2D eigenvalue weighted by Crippen LogP contribution is 1.94. The van der Waals surface area contributed by atoms with Gasteiger partial charge in [-0.25, -0.2) is 0 Å². The molecule has 0 radical (unpaired) electrons. The van der Waals surface area contributed by atoms with Gasteiger partial charge in [-0.05, 0) is 12.1 Å². The maximum Gasteiger partial charge on any atom is 0.253 e. The molecule has 0 aliphatic carbocycles. The second-order valence-corrected chi connectivity index (χ2v) is 2.22. The summed E-state index contributed by atoms with van der Waals surface area (Å²) in [6.07, 6.45) is 3.14. The minimum Gasteiger partial charge on any atom is -0.343 e. The van der Waals surface area contributed by atoms with Crippen molar-refractivity contribution in [2.45, 2.75) is 0 Å². The first-order chi connectivity index (χ1) is 5.34. The van der Waals surface area contributed by atoms with E-state index in [0.717, 1.165) is 0 Å². The van der Waals surface area contributed by atoms with Crippen LogP contribution in [0.3, 0.4) is 0 Å². The van der Waals surface area contributed by atoms with E-state index >= 15 is 0 Å². The summed E-state index contributed by atoms with van der Waals surface area (Å²) in [7, 11) is 0. The number of pyridine rings is 1. The van der Waals surface area contributed by atoms with Crippen molar-refractivity contribution in [3.05, 3.63) is 30.1 Å². The number of nitrogens with one attached hydrogen (secondary N) is 1. The zero-order chi connectivity index (χ0) is 8.10. The van der Waals surface area contributed by atoms with Crippen molar-refractivity contribution in [2.75, 3.05) is 5.88 Å². The van der Waals surface area contributed by atoms with E-state index in [1.54, 1.807) is 18.3 Å². The predicted molar refractivity (Wildman–Crippen MR) is 45.6 cm³/mol. The average molecular weight is 168 g/mol. The van der Waals surface area contributed by atoms with Crippen molar-refractivity contribution in [2.24, 2.45) is 0 Å². The fraction of sp³-hybridized carbons (Fsp3) is 0.143. The van der Waals surface area contributed by atoms with Gasteiger partial charge in [-0.15, -0.1) is 0 Å². The van der Waals surface area contributed by atoms with E-state index in [4.69, 9.17) is 0 Å². The van der Waals surface area contributed by atoms with Crippen molar-refractivity contribution in [3.63, 3.8) is 0 Å². The van der Waals surface area contributed by atoms with E-state index in [0.29, 0.717) is 11.4 Å². The van der Waals surface area contributed by atoms with Gasteiger partial charge < -0.3 is 5.32 Å². The highest BCUT2D eigenvalue weighted by atomic mass is 32.1. The van der Waals surface area contributed by atoms with Crippen molar-refractivity contribution < 1.29 is 4.79 Å². The molecule has 0 bridgehead atoms. The van der Waals surface area contributed by atoms with Crippen LogP contribution in [0.1, 0.15) is 10.4 Å². The van der Waals surface area contributed by atoms with Crippen LogP contribution in [-0.2, 0) is 0 Å². The van der Waals surface area contributed by atoms with Gasteiger partial charge in [0.15, 0.2) is 0 Å². The maximum atomic E-state index is 11.0.